The standard InChI is InChI=1S/C18H13BrF3NO2/c1-25-16-8-7-13(11-15(16)19)17(24)23-9-3-5-12-4-2-6-14(10-12)18(20,21)22/h2,4,6-8,10-11H,9H2,1H3,(H,23,24). The number of rotatable bonds is 3. The first-order chi connectivity index (χ1) is 11.8. The van der Waals surface area contributed by atoms with Crippen molar-refractivity contribution in [2.45, 2.75) is 6.18 Å². The summed E-state index contributed by atoms with van der Waals surface area (Å²) in [7, 11) is 1.52. The summed E-state index contributed by atoms with van der Waals surface area (Å²) in [6, 6.07) is 9.57. The number of carbonyl (C=O) groups excluding carboxylic acids is 1. The van der Waals surface area contributed by atoms with Gasteiger partial charge in [-0.25, -0.2) is 0 Å². The van der Waals surface area contributed by atoms with Crippen LogP contribution in [-0.4, -0.2) is 19.6 Å². The molecule has 25 heavy (non-hydrogen) atoms. The second-order valence-corrected chi connectivity index (χ2v) is 5.77. The summed E-state index contributed by atoms with van der Waals surface area (Å²) in [4.78, 5) is 12.0. The van der Waals surface area contributed by atoms with Crippen molar-refractivity contribution in [3.05, 3.63) is 63.6 Å². The van der Waals surface area contributed by atoms with E-state index in [0.717, 1.165) is 12.1 Å². The minimum atomic E-state index is -4.41. The van der Waals surface area contributed by atoms with Crippen LogP contribution in [0.4, 0.5) is 13.2 Å². The Labute approximate surface area is 151 Å². The molecule has 2 aromatic rings. The third kappa shape index (κ3) is 5.26. The predicted octanol–water partition coefficient (Wildman–Crippen LogP) is 4.26. The van der Waals surface area contributed by atoms with Crippen LogP contribution in [0.2, 0.25) is 0 Å². The normalized spacial score (nSPS) is 10.6. The van der Waals surface area contributed by atoms with Crippen LogP contribution in [-0.2, 0) is 6.18 Å². The van der Waals surface area contributed by atoms with Crippen molar-refractivity contribution in [3.63, 3.8) is 0 Å². The topological polar surface area (TPSA) is 38.3 Å². The fraction of sp³-hybridized carbons (Fsp3) is 0.167. The Morgan fingerprint density at radius 3 is 2.64 bits per heavy atom. The molecule has 3 nitrogen and oxygen atoms in total. The van der Waals surface area contributed by atoms with Crippen LogP contribution in [0.25, 0.3) is 0 Å². The zero-order valence-corrected chi connectivity index (χ0v) is 14.7. The minimum absolute atomic E-state index is 0.0126. The number of ether oxygens (including phenoxy) is 1. The highest BCUT2D eigenvalue weighted by Crippen LogP contribution is 2.29. The molecular formula is C18H13BrF3NO2. The van der Waals surface area contributed by atoms with E-state index in [-0.39, 0.29) is 18.0 Å². The lowest BCUT2D eigenvalue weighted by molar-refractivity contribution is -0.137. The molecule has 1 N–H and O–H groups in total. The summed E-state index contributed by atoms with van der Waals surface area (Å²) in [6.07, 6.45) is -4.41. The van der Waals surface area contributed by atoms with Gasteiger partial charge in [-0.1, -0.05) is 17.9 Å². The lowest BCUT2D eigenvalue weighted by Crippen LogP contribution is -2.23. The highest BCUT2D eigenvalue weighted by atomic mass is 79.9. The van der Waals surface area contributed by atoms with Gasteiger partial charge in [-0.2, -0.15) is 13.2 Å². The van der Waals surface area contributed by atoms with Crippen molar-refractivity contribution in [1.29, 1.82) is 0 Å². The highest BCUT2D eigenvalue weighted by Gasteiger charge is 2.30. The molecule has 2 aromatic carbocycles. The van der Waals surface area contributed by atoms with Gasteiger partial charge in [-0.15, -0.1) is 0 Å². The molecular weight excluding hydrogens is 399 g/mol. The van der Waals surface area contributed by atoms with E-state index in [1.54, 1.807) is 18.2 Å². The van der Waals surface area contributed by atoms with Gasteiger partial charge in [-0.3, -0.25) is 4.79 Å². The Balaban J connectivity index is 1.98. The van der Waals surface area contributed by atoms with E-state index in [2.05, 4.69) is 33.1 Å². The zero-order valence-electron chi connectivity index (χ0n) is 13.1. The lowest BCUT2D eigenvalue weighted by Gasteiger charge is -2.06. The molecule has 7 heteroatoms. The molecule has 0 aliphatic heterocycles. The second-order valence-electron chi connectivity index (χ2n) is 4.91. The molecule has 0 fully saturated rings. The number of carbonyl (C=O) groups is 1. The van der Waals surface area contributed by atoms with Gasteiger partial charge in [0.25, 0.3) is 5.91 Å². The maximum Gasteiger partial charge on any atom is 0.416 e. The first kappa shape index (κ1) is 18.9. The maximum absolute atomic E-state index is 12.6. The summed E-state index contributed by atoms with van der Waals surface area (Å²) in [5, 5.41) is 2.58. The molecule has 1 amide bonds. The van der Waals surface area contributed by atoms with Crippen LogP contribution in [0.3, 0.4) is 0 Å². The first-order valence-electron chi connectivity index (χ1n) is 7.09. The molecule has 0 bridgehead atoms. The van der Waals surface area contributed by atoms with E-state index < -0.39 is 11.7 Å². The van der Waals surface area contributed by atoms with E-state index in [4.69, 9.17) is 4.74 Å². The van der Waals surface area contributed by atoms with Gasteiger partial charge in [0.15, 0.2) is 0 Å². The summed E-state index contributed by atoms with van der Waals surface area (Å²) in [6.45, 7) is 0.0126. The molecule has 0 radical (unpaired) electrons. The van der Waals surface area contributed by atoms with Crippen molar-refractivity contribution in [2.24, 2.45) is 0 Å². The van der Waals surface area contributed by atoms with Gasteiger partial charge in [0, 0.05) is 11.1 Å². The highest BCUT2D eigenvalue weighted by molar-refractivity contribution is 9.10. The summed E-state index contributed by atoms with van der Waals surface area (Å²) in [5.74, 6) is 5.48. The minimum Gasteiger partial charge on any atom is -0.496 e. The van der Waals surface area contributed by atoms with Crippen LogP contribution in [0.15, 0.2) is 46.9 Å². The largest absolute Gasteiger partial charge is 0.496 e. The third-order valence-electron chi connectivity index (χ3n) is 3.17. The number of methoxy groups -OCH3 is 1. The van der Waals surface area contributed by atoms with E-state index in [9.17, 15) is 18.0 Å². The number of hydrogen-bond acceptors (Lipinski definition) is 2. The Bertz CT molecular complexity index is 838. The quantitative estimate of drug-likeness (QED) is 0.766. The molecule has 0 aliphatic carbocycles. The zero-order chi connectivity index (χ0) is 18.4. The number of nitrogens with one attached hydrogen (secondary N) is 1. The molecule has 0 atom stereocenters. The maximum atomic E-state index is 12.6. The van der Waals surface area contributed by atoms with Gasteiger partial charge in [-0.05, 0) is 52.3 Å². The number of halogens is 4. The fourth-order valence-corrected chi connectivity index (χ4v) is 2.49. The molecule has 0 aliphatic rings. The average molecular weight is 412 g/mol. The molecule has 0 aromatic heterocycles. The smallest absolute Gasteiger partial charge is 0.416 e. The van der Waals surface area contributed by atoms with Crippen LogP contribution in [0.5, 0.6) is 5.75 Å². The van der Waals surface area contributed by atoms with Crippen LogP contribution >= 0.6 is 15.9 Å². The van der Waals surface area contributed by atoms with Gasteiger partial charge >= 0.3 is 6.18 Å². The molecule has 0 saturated carbocycles. The summed E-state index contributed by atoms with van der Waals surface area (Å²) in [5.41, 5.74) is -0.115. The fourth-order valence-electron chi connectivity index (χ4n) is 1.95. The Hall–Kier alpha value is -2.46. The number of amides is 1. The molecule has 2 rings (SSSR count). The van der Waals surface area contributed by atoms with Crippen molar-refractivity contribution >= 4 is 21.8 Å². The molecule has 0 heterocycles. The monoisotopic (exact) mass is 411 g/mol. The third-order valence-corrected chi connectivity index (χ3v) is 3.79. The molecule has 0 saturated heterocycles. The molecule has 0 unspecified atom stereocenters. The number of hydrogen-bond donors (Lipinski definition) is 1. The van der Waals surface area contributed by atoms with Crippen molar-refractivity contribution in [3.8, 4) is 17.6 Å². The van der Waals surface area contributed by atoms with E-state index >= 15 is 0 Å². The number of alkyl halides is 3. The number of benzene rings is 2. The lowest BCUT2D eigenvalue weighted by atomic mass is 10.1. The van der Waals surface area contributed by atoms with Crippen LogP contribution in [0, 0.1) is 11.8 Å². The molecule has 0 spiro atoms. The van der Waals surface area contributed by atoms with Gasteiger partial charge in [0.05, 0.1) is 23.7 Å². The first-order valence-corrected chi connectivity index (χ1v) is 7.88. The Morgan fingerprint density at radius 1 is 1.24 bits per heavy atom. The average Bonchev–Trinajstić information content (AvgIpc) is 2.58. The van der Waals surface area contributed by atoms with Gasteiger partial charge in [0.1, 0.15) is 5.75 Å². The van der Waals surface area contributed by atoms with Crippen LogP contribution in [0.1, 0.15) is 21.5 Å². The van der Waals surface area contributed by atoms with Gasteiger partial charge in [0.2, 0.25) is 0 Å². The SMILES string of the molecule is COc1ccc(C(=O)NCC#Cc2cccc(C(F)(F)F)c2)cc1Br. The Morgan fingerprint density at radius 2 is 2.00 bits per heavy atom. The second kappa shape index (κ2) is 8.08. The van der Waals surface area contributed by atoms with Crippen LogP contribution < -0.4 is 10.1 Å². The summed E-state index contributed by atoms with van der Waals surface area (Å²) >= 11 is 3.29. The van der Waals surface area contributed by atoms with E-state index in [1.165, 1.54) is 19.2 Å². The van der Waals surface area contributed by atoms with Crippen molar-refractivity contribution in [2.75, 3.05) is 13.7 Å². The predicted molar refractivity (Wildman–Crippen MR) is 91.3 cm³/mol. The molecule has 130 valence electrons. The van der Waals surface area contributed by atoms with E-state index in [1.807, 2.05) is 0 Å². The summed E-state index contributed by atoms with van der Waals surface area (Å²) < 4.78 is 43.6. The van der Waals surface area contributed by atoms with Gasteiger partial charge < -0.3 is 10.1 Å². The Kier molecular flexibility index (Phi) is 6.10. The van der Waals surface area contributed by atoms with Crippen molar-refractivity contribution in [1.82, 2.24) is 5.32 Å². The van der Waals surface area contributed by atoms with E-state index in [0.29, 0.717) is 15.8 Å². The van der Waals surface area contributed by atoms with Crippen molar-refractivity contribution < 1.29 is 22.7 Å².